The summed E-state index contributed by atoms with van der Waals surface area (Å²) in [6.07, 6.45) is 1.59. The van der Waals surface area contributed by atoms with Gasteiger partial charge in [0.25, 0.3) is 0 Å². The van der Waals surface area contributed by atoms with Gasteiger partial charge in [-0.1, -0.05) is 29.3 Å². The van der Waals surface area contributed by atoms with Crippen molar-refractivity contribution in [2.24, 2.45) is 0 Å². The number of amides is 2. The molecule has 0 bridgehead atoms. The van der Waals surface area contributed by atoms with Crippen molar-refractivity contribution >= 4 is 57.9 Å². The molecule has 12 heteroatoms. The molecule has 0 radical (unpaired) electrons. The van der Waals surface area contributed by atoms with Crippen molar-refractivity contribution in [3.63, 3.8) is 0 Å². The molecule has 184 valence electrons. The highest BCUT2D eigenvalue weighted by Crippen LogP contribution is 2.31. The van der Waals surface area contributed by atoms with E-state index in [-0.39, 0.29) is 12.0 Å². The summed E-state index contributed by atoms with van der Waals surface area (Å²) in [5.41, 5.74) is 8.77. The van der Waals surface area contributed by atoms with Gasteiger partial charge in [0.2, 0.25) is 5.95 Å². The first-order valence-corrected chi connectivity index (χ1v) is 11.9. The molecule has 3 N–H and O–H groups in total. The number of ether oxygens (including phenoxy) is 1. The second-order valence-corrected chi connectivity index (χ2v) is 8.94. The van der Waals surface area contributed by atoms with Gasteiger partial charge in [0.15, 0.2) is 17.0 Å². The van der Waals surface area contributed by atoms with Crippen LogP contribution in [0.25, 0.3) is 22.4 Å². The summed E-state index contributed by atoms with van der Waals surface area (Å²) in [7, 11) is 1.58. The van der Waals surface area contributed by atoms with E-state index in [0.717, 1.165) is 0 Å². The minimum Gasteiger partial charge on any atom is -0.497 e. The number of fused-ring (bicyclic) bond motifs is 1. The van der Waals surface area contributed by atoms with Gasteiger partial charge in [-0.25, -0.2) is 14.8 Å². The van der Waals surface area contributed by atoms with E-state index in [4.69, 9.17) is 38.7 Å². The first-order valence-electron chi connectivity index (χ1n) is 11.1. The molecule has 1 aliphatic heterocycles. The number of nitrogens with two attached hydrogens (primary N) is 1. The molecule has 0 atom stereocenters. The molecule has 0 aliphatic carbocycles. The van der Waals surface area contributed by atoms with Crippen molar-refractivity contribution in [1.82, 2.24) is 24.8 Å². The molecule has 3 heterocycles. The van der Waals surface area contributed by atoms with E-state index < -0.39 is 0 Å². The zero-order valence-corrected chi connectivity index (χ0v) is 20.8. The third kappa shape index (κ3) is 4.91. The van der Waals surface area contributed by atoms with Gasteiger partial charge >= 0.3 is 6.03 Å². The number of hydrogen-bond acceptors (Lipinski definition) is 8. The number of piperazine rings is 1. The van der Waals surface area contributed by atoms with Crippen LogP contribution in [0.4, 0.5) is 22.2 Å². The third-order valence-corrected chi connectivity index (χ3v) is 6.35. The maximum Gasteiger partial charge on any atom is 0.321 e. The Morgan fingerprint density at radius 3 is 2.61 bits per heavy atom. The molecule has 1 saturated heterocycles. The van der Waals surface area contributed by atoms with Crippen LogP contribution in [0.15, 0.2) is 48.7 Å². The second kappa shape index (κ2) is 10.00. The fourth-order valence-corrected chi connectivity index (χ4v) is 4.49. The van der Waals surface area contributed by atoms with Gasteiger partial charge in [0.1, 0.15) is 5.75 Å². The number of halogens is 2. The van der Waals surface area contributed by atoms with Crippen LogP contribution >= 0.6 is 23.2 Å². The highest BCUT2D eigenvalue weighted by Gasteiger charge is 2.25. The van der Waals surface area contributed by atoms with Gasteiger partial charge in [0, 0.05) is 48.5 Å². The van der Waals surface area contributed by atoms with Gasteiger partial charge in [0.05, 0.1) is 24.0 Å². The number of nitrogen functional groups attached to an aromatic ring is 1. The predicted molar refractivity (Wildman–Crippen MR) is 141 cm³/mol. The molecule has 5 rings (SSSR count). The number of carbonyl (C=O) groups excluding carboxylic acids is 1. The van der Waals surface area contributed by atoms with E-state index in [1.54, 1.807) is 42.5 Å². The number of anilines is 3. The Morgan fingerprint density at radius 1 is 1.06 bits per heavy atom. The summed E-state index contributed by atoms with van der Waals surface area (Å²) in [5.74, 6) is 1.33. The van der Waals surface area contributed by atoms with E-state index in [1.807, 2.05) is 23.1 Å². The molecular formula is C24H22Cl2N8O2. The summed E-state index contributed by atoms with van der Waals surface area (Å²) in [6, 6.07) is 12.2. The number of hydrogen-bond donors (Lipinski definition) is 2. The van der Waals surface area contributed by atoms with Gasteiger partial charge in [-0.3, -0.25) is 0 Å². The Kier molecular flexibility index (Phi) is 6.62. The average molecular weight is 525 g/mol. The first kappa shape index (κ1) is 23.8. The minimum atomic E-state index is -0.186. The molecule has 0 spiro atoms. The standard InChI is InChI=1S/C24H22Cl2N8O2/c1-36-16-4-2-3-15(12-16)29-24(35)34-9-7-33(8-10-34)22-20-21(31-23(27)32-22)28-13-19(30-20)17-6-5-14(25)11-18(17)26/h2-6,11-13H,7-10H2,1H3,(H,29,35)(H2,27,28,31,32). The van der Waals surface area contributed by atoms with Crippen LogP contribution in [0.2, 0.25) is 10.0 Å². The van der Waals surface area contributed by atoms with Crippen molar-refractivity contribution in [2.75, 3.05) is 49.2 Å². The molecule has 2 aromatic carbocycles. The predicted octanol–water partition coefficient (Wildman–Crippen LogP) is 4.34. The number of nitrogens with one attached hydrogen (secondary N) is 1. The van der Waals surface area contributed by atoms with E-state index in [1.165, 1.54) is 0 Å². The van der Waals surface area contributed by atoms with Crippen LogP contribution in [0.3, 0.4) is 0 Å². The van der Waals surface area contributed by atoms with Gasteiger partial charge < -0.3 is 25.6 Å². The molecule has 4 aromatic rings. The van der Waals surface area contributed by atoms with Crippen LogP contribution in [0.5, 0.6) is 5.75 Å². The summed E-state index contributed by atoms with van der Waals surface area (Å²) in [6.45, 7) is 2.03. The lowest BCUT2D eigenvalue weighted by Gasteiger charge is -2.35. The van der Waals surface area contributed by atoms with E-state index >= 15 is 0 Å². The van der Waals surface area contributed by atoms with Crippen molar-refractivity contribution in [3.05, 3.63) is 58.7 Å². The van der Waals surface area contributed by atoms with Crippen LogP contribution < -0.4 is 20.7 Å². The van der Waals surface area contributed by atoms with Crippen LogP contribution in [0.1, 0.15) is 0 Å². The molecular weight excluding hydrogens is 503 g/mol. The highest BCUT2D eigenvalue weighted by atomic mass is 35.5. The van der Waals surface area contributed by atoms with E-state index in [2.05, 4.69) is 20.3 Å². The summed E-state index contributed by atoms with van der Waals surface area (Å²) < 4.78 is 5.22. The fourth-order valence-electron chi connectivity index (χ4n) is 3.98. The van der Waals surface area contributed by atoms with Crippen molar-refractivity contribution < 1.29 is 9.53 Å². The molecule has 2 amide bonds. The van der Waals surface area contributed by atoms with Gasteiger partial charge in [-0.15, -0.1) is 0 Å². The Hall–Kier alpha value is -3.89. The monoisotopic (exact) mass is 524 g/mol. The maximum atomic E-state index is 12.8. The van der Waals surface area contributed by atoms with E-state index in [9.17, 15) is 4.79 Å². The number of rotatable bonds is 4. The molecule has 10 nitrogen and oxygen atoms in total. The van der Waals surface area contributed by atoms with Crippen molar-refractivity contribution in [3.8, 4) is 17.0 Å². The Labute approximate surface area is 217 Å². The smallest absolute Gasteiger partial charge is 0.321 e. The molecule has 0 saturated carbocycles. The SMILES string of the molecule is COc1cccc(NC(=O)N2CCN(c3nc(N)nc4ncc(-c5ccc(Cl)cc5Cl)nc34)CC2)c1. The van der Waals surface area contributed by atoms with E-state index in [0.29, 0.717) is 75.9 Å². The lowest BCUT2D eigenvalue weighted by Crippen LogP contribution is -2.50. The number of carbonyl (C=O) groups is 1. The molecule has 1 aliphatic rings. The van der Waals surface area contributed by atoms with Gasteiger partial charge in [-0.2, -0.15) is 9.97 Å². The quantitative estimate of drug-likeness (QED) is 0.404. The first-order chi connectivity index (χ1) is 17.4. The van der Waals surface area contributed by atoms with Crippen LogP contribution in [-0.2, 0) is 0 Å². The lowest BCUT2D eigenvalue weighted by atomic mass is 10.1. The molecule has 0 unspecified atom stereocenters. The molecule has 36 heavy (non-hydrogen) atoms. The molecule has 2 aromatic heterocycles. The van der Waals surface area contributed by atoms with Crippen LogP contribution in [0, 0.1) is 0 Å². The minimum absolute atomic E-state index is 0.0993. The largest absolute Gasteiger partial charge is 0.497 e. The molecule has 1 fully saturated rings. The second-order valence-electron chi connectivity index (χ2n) is 8.09. The number of nitrogens with zero attached hydrogens (tertiary/aromatic N) is 6. The zero-order chi connectivity index (χ0) is 25.2. The number of aromatic nitrogens is 4. The lowest BCUT2D eigenvalue weighted by molar-refractivity contribution is 0.208. The number of methoxy groups -OCH3 is 1. The fraction of sp³-hybridized carbons (Fsp3) is 0.208. The normalized spacial score (nSPS) is 13.6. The van der Waals surface area contributed by atoms with Gasteiger partial charge in [-0.05, 0) is 30.3 Å². The number of benzene rings is 2. The maximum absolute atomic E-state index is 12.8. The Balaban J connectivity index is 1.36. The highest BCUT2D eigenvalue weighted by molar-refractivity contribution is 6.36. The zero-order valence-electron chi connectivity index (χ0n) is 19.3. The number of urea groups is 1. The Bertz CT molecular complexity index is 1440. The average Bonchev–Trinajstić information content (AvgIpc) is 2.88. The third-order valence-electron chi connectivity index (χ3n) is 5.80. The topological polar surface area (TPSA) is 122 Å². The summed E-state index contributed by atoms with van der Waals surface area (Å²) in [5, 5.41) is 3.91. The summed E-state index contributed by atoms with van der Waals surface area (Å²) in [4.78, 5) is 34.5. The Morgan fingerprint density at radius 2 is 1.86 bits per heavy atom. The summed E-state index contributed by atoms with van der Waals surface area (Å²) >= 11 is 12.4. The van der Waals surface area contributed by atoms with Crippen molar-refractivity contribution in [2.45, 2.75) is 0 Å². The van der Waals surface area contributed by atoms with Crippen LogP contribution in [-0.4, -0.2) is 64.2 Å². The van der Waals surface area contributed by atoms with Crippen molar-refractivity contribution in [1.29, 1.82) is 0 Å².